The second-order valence-corrected chi connectivity index (χ2v) is 7.76. The summed E-state index contributed by atoms with van der Waals surface area (Å²) in [6.45, 7) is 1.51. The molecule has 17 heavy (non-hydrogen) atoms. The number of benzene rings is 1. The van der Waals surface area contributed by atoms with E-state index in [1.165, 1.54) is 12.2 Å². The van der Waals surface area contributed by atoms with Crippen LogP contribution in [0.4, 0.5) is 13.2 Å². The van der Waals surface area contributed by atoms with Crippen molar-refractivity contribution in [3.63, 3.8) is 0 Å². The minimum atomic E-state index is -4.20. The lowest BCUT2D eigenvalue weighted by atomic mass is 10.2. The van der Waals surface area contributed by atoms with Crippen LogP contribution in [0.5, 0.6) is 0 Å². The van der Waals surface area contributed by atoms with E-state index in [0.717, 1.165) is 5.56 Å². The summed E-state index contributed by atoms with van der Waals surface area (Å²) in [6.07, 6.45) is -3.44. The molecular formula is C12H15F3OSi. The van der Waals surface area contributed by atoms with Crippen LogP contribution >= 0.6 is 0 Å². The van der Waals surface area contributed by atoms with E-state index >= 15 is 0 Å². The Labute approximate surface area is 99.7 Å². The predicted molar refractivity (Wildman–Crippen MR) is 64.8 cm³/mol. The number of rotatable bonds is 4. The Bertz CT molecular complexity index is 371. The average Bonchev–Trinajstić information content (AvgIpc) is 2.25. The molecule has 0 amide bonds. The first-order valence-corrected chi connectivity index (χ1v) is 8.05. The SMILES string of the molecule is C[Si](O)(/C=C\c1ccccc1)CCC(F)(F)F. The van der Waals surface area contributed by atoms with Crippen LogP contribution in [0.25, 0.3) is 6.08 Å². The van der Waals surface area contributed by atoms with E-state index in [9.17, 15) is 18.0 Å². The van der Waals surface area contributed by atoms with Crippen molar-refractivity contribution in [3.05, 3.63) is 41.6 Å². The van der Waals surface area contributed by atoms with Crippen LogP contribution in [0.1, 0.15) is 12.0 Å². The van der Waals surface area contributed by atoms with E-state index in [4.69, 9.17) is 0 Å². The zero-order chi connectivity index (χ0) is 12.9. The van der Waals surface area contributed by atoms with Crippen LogP contribution < -0.4 is 0 Å². The summed E-state index contributed by atoms with van der Waals surface area (Å²) in [5, 5.41) is 0. The van der Waals surface area contributed by atoms with Crippen molar-refractivity contribution >= 4 is 14.4 Å². The average molecular weight is 260 g/mol. The monoisotopic (exact) mass is 260 g/mol. The molecule has 0 saturated heterocycles. The normalized spacial score (nSPS) is 16.1. The van der Waals surface area contributed by atoms with Crippen molar-refractivity contribution in [1.82, 2.24) is 0 Å². The van der Waals surface area contributed by atoms with Gasteiger partial charge in [0.05, 0.1) is 0 Å². The van der Waals surface area contributed by atoms with Crippen LogP contribution in [0.15, 0.2) is 36.0 Å². The third kappa shape index (κ3) is 6.28. The zero-order valence-electron chi connectivity index (χ0n) is 9.54. The minimum absolute atomic E-state index is 0.195. The number of hydrogen-bond acceptors (Lipinski definition) is 1. The van der Waals surface area contributed by atoms with Crippen LogP contribution in [0, 0.1) is 0 Å². The largest absolute Gasteiger partial charge is 0.428 e. The topological polar surface area (TPSA) is 20.2 Å². The highest BCUT2D eigenvalue weighted by Crippen LogP contribution is 2.25. The predicted octanol–water partition coefficient (Wildman–Crippen LogP) is 3.76. The van der Waals surface area contributed by atoms with Gasteiger partial charge in [0.25, 0.3) is 0 Å². The summed E-state index contributed by atoms with van der Waals surface area (Å²) >= 11 is 0. The Kier molecular flexibility index (Phi) is 4.53. The Morgan fingerprint density at radius 3 is 2.35 bits per heavy atom. The number of hydrogen-bond donors (Lipinski definition) is 1. The van der Waals surface area contributed by atoms with Gasteiger partial charge >= 0.3 is 6.18 Å². The molecule has 1 N–H and O–H groups in total. The Morgan fingerprint density at radius 1 is 1.24 bits per heavy atom. The molecule has 1 nitrogen and oxygen atoms in total. The fraction of sp³-hybridized carbons (Fsp3) is 0.333. The maximum atomic E-state index is 12.0. The van der Waals surface area contributed by atoms with Gasteiger partial charge in [0, 0.05) is 6.42 Å². The molecule has 0 aliphatic rings. The van der Waals surface area contributed by atoms with Gasteiger partial charge in [-0.25, -0.2) is 0 Å². The fourth-order valence-corrected chi connectivity index (χ4v) is 2.83. The molecule has 1 unspecified atom stereocenters. The third-order valence-electron chi connectivity index (χ3n) is 2.35. The highest BCUT2D eigenvalue weighted by molar-refractivity contribution is 6.76. The summed E-state index contributed by atoms with van der Waals surface area (Å²) in [6, 6.07) is 9.02. The van der Waals surface area contributed by atoms with Crippen LogP contribution in [0.3, 0.4) is 0 Å². The molecule has 0 aliphatic heterocycles. The lowest BCUT2D eigenvalue weighted by molar-refractivity contribution is -0.131. The summed E-state index contributed by atoms with van der Waals surface area (Å²) in [4.78, 5) is 9.89. The Morgan fingerprint density at radius 2 is 1.82 bits per heavy atom. The maximum absolute atomic E-state index is 12.0. The highest BCUT2D eigenvalue weighted by Gasteiger charge is 2.32. The zero-order valence-corrected chi connectivity index (χ0v) is 10.5. The summed E-state index contributed by atoms with van der Waals surface area (Å²) in [7, 11) is -2.90. The number of halogens is 3. The lowest BCUT2D eigenvalue weighted by Crippen LogP contribution is -2.29. The molecule has 0 spiro atoms. The van der Waals surface area contributed by atoms with Gasteiger partial charge in [0.1, 0.15) is 0 Å². The standard InChI is InChI=1S/C12H15F3OSi/c1-17(16,10-8-12(13,14)15)9-7-11-5-3-2-4-6-11/h2-7,9,16H,8,10H2,1H3/b9-7-. The molecule has 1 aromatic carbocycles. The van der Waals surface area contributed by atoms with Gasteiger partial charge in [0.15, 0.2) is 0 Å². The van der Waals surface area contributed by atoms with Crippen molar-refractivity contribution in [2.75, 3.05) is 0 Å². The minimum Gasteiger partial charge on any atom is -0.428 e. The molecule has 1 aromatic rings. The van der Waals surface area contributed by atoms with Crippen molar-refractivity contribution in [2.45, 2.75) is 25.2 Å². The molecule has 0 aliphatic carbocycles. The van der Waals surface area contributed by atoms with Crippen molar-refractivity contribution < 1.29 is 18.0 Å². The van der Waals surface area contributed by atoms with Gasteiger partial charge < -0.3 is 4.80 Å². The molecule has 0 saturated carbocycles. The van der Waals surface area contributed by atoms with E-state index in [2.05, 4.69) is 0 Å². The highest BCUT2D eigenvalue weighted by atomic mass is 28.4. The first-order valence-electron chi connectivity index (χ1n) is 5.32. The summed E-state index contributed by atoms with van der Waals surface area (Å²) < 4.78 is 36.1. The second-order valence-electron chi connectivity index (χ2n) is 4.22. The number of alkyl halides is 3. The van der Waals surface area contributed by atoms with Crippen molar-refractivity contribution in [1.29, 1.82) is 0 Å². The van der Waals surface area contributed by atoms with Gasteiger partial charge in [-0.2, -0.15) is 13.2 Å². The first kappa shape index (κ1) is 14.0. The van der Waals surface area contributed by atoms with Crippen LogP contribution in [-0.4, -0.2) is 19.3 Å². The van der Waals surface area contributed by atoms with Crippen LogP contribution in [0.2, 0.25) is 12.6 Å². The second kappa shape index (κ2) is 5.51. The summed E-state index contributed by atoms with van der Waals surface area (Å²) in [5.41, 5.74) is 2.42. The van der Waals surface area contributed by atoms with Gasteiger partial charge in [-0.15, -0.1) is 0 Å². The van der Waals surface area contributed by atoms with Gasteiger partial charge in [-0.1, -0.05) is 42.1 Å². The van der Waals surface area contributed by atoms with Crippen molar-refractivity contribution in [2.24, 2.45) is 0 Å². The van der Waals surface area contributed by atoms with Crippen molar-refractivity contribution in [3.8, 4) is 0 Å². The smallest absolute Gasteiger partial charge is 0.388 e. The molecule has 1 atom stereocenters. The molecule has 0 fully saturated rings. The molecule has 0 bridgehead atoms. The van der Waals surface area contributed by atoms with E-state index in [1.54, 1.807) is 6.08 Å². The van der Waals surface area contributed by atoms with E-state index in [1.807, 2.05) is 30.3 Å². The van der Waals surface area contributed by atoms with E-state index in [-0.39, 0.29) is 6.04 Å². The molecule has 0 aromatic heterocycles. The van der Waals surface area contributed by atoms with Crippen LogP contribution in [-0.2, 0) is 0 Å². The Balaban J connectivity index is 2.57. The quantitative estimate of drug-likeness (QED) is 0.817. The Hall–Kier alpha value is -1.07. The molecular weight excluding hydrogens is 245 g/mol. The fourth-order valence-electron chi connectivity index (χ4n) is 1.32. The molecule has 0 radical (unpaired) electrons. The van der Waals surface area contributed by atoms with E-state index < -0.39 is 20.9 Å². The maximum Gasteiger partial charge on any atom is 0.388 e. The van der Waals surface area contributed by atoms with Gasteiger partial charge in [-0.3, -0.25) is 0 Å². The van der Waals surface area contributed by atoms with Gasteiger partial charge in [-0.05, 0) is 18.2 Å². The van der Waals surface area contributed by atoms with E-state index in [0.29, 0.717) is 0 Å². The molecule has 1 rings (SSSR count). The molecule has 94 valence electrons. The molecule has 5 heteroatoms. The first-order chi connectivity index (χ1) is 7.79. The lowest BCUT2D eigenvalue weighted by Gasteiger charge is -2.16. The molecule has 0 heterocycles. The van der Waals surface area contributed by atoms with Gasteiger partial charge in [0.2, 0.25) is 8.32 Å². The summed E-state index contributed by atoms with van der Waals surface area (Å²) in [5.74, 6) is 0. The third-order valence-corrected chi connectivity index (χ3v) is 4.50.